The molecule has 17 heavy (non-hydrogen) atoms. The second-order valence-corrected chi connectivity index (χ2v) is 5.52. The van der Waals surface area contributed by atoms with Gasteiger partial charge in [-0.05, 0) is 42.0 Å². The highest BCUT2D eigenvalue weighted by atomic mass is 35.5. The topological polar surface area (TPSA) is 20.2 Å². The number of halogens is 1. The Morgan fingerprint density at radius 1 is 1.18 bits per heavy atom. The average molecular weight is 267 g/mol. The van der Waals surface area contributed by atoms with Crippen molar-refractivity contribution >= 4 is 22.9 Å². The third kappa shape index (κ3) is 3.56. The third-order valence-electron chi connectivity index (χ3n) is 2.88. The second-order valence-electron chi connectivity index (χ2n) is 4.05. The van der Waals surface area contributed by atoms with Gasteiger partial charge in [0, 0.05) is 22.4 Å². The zero-order valence-corrected chi connectivity index (χ0v) is 11.0. The summed E-state index contributed by atoms with van der Waals surface area (Å²) in [6.07, 6.45) is 1.99. The average Bonchev–Trinajstić information content (AvgIpc) is 2.85. The number of aliphatic hydroxyl groups is 1. The van der Waals surface area contributed by atoms with Crippen LogP contribution in [0, 0.1) is 0 Å². The smallest absolute Gasteiger partial charge is 0.0499 e. The van der Waals surface area contributed by atoms with Crippen molar-refractivity contribution in [1.29, 1.82) is 0 Å². The SMILES string of the molecule is OCC(CCc1cccs1)c1ccc(Cl)cc1. The largest absolute Gasteiger partial charge is 0.396 e. The van der Waals surface area contributed by atoms with E-state index >= 15 is 0 Å². The normalized spacial score (nSPS) is 12.6. The van der Waals surface area contributed by atoms with Gasteiger partial charge in [0.25, 0.3) is 0 Å². The predicted octanol–water partition coefficient (Wildman–Crippen LogP) is 4.11. The van der Waals surface area contributed by atoms with Crippen LogP contribution in [-0.4, -0.2) is 11.7 Å². The zero-order valence-electron chi connectivity index (χ0n) is 9.47. The lowest BCUT2D eigenvalue weighted by atomic mass is 9.95. The first kappa shape index (κ1) is 12.6. The van der Waals surface area contributed by atoms with Gasteiger partial charge in [0.15, 0.2) is 0 Å². The first-order valence-electron chi connectivity index (χ1n) is 5.68. The first-order valence-corrected chi connectivity index (χ1v) is 6.94. The molecule has 1 nitrogen and oxygen atoms in total. The fourth-order valence-electron chi connectivity index (χ4n) is 1.87. The van der Waals surface area contributed by atoms with Gasteiger partial charge in [-0.3, -0.25) is 0 Å². The maximum absolute atomic E-state index is 9.45. The van der Waals surface area contributed by atoms with E-state index in [4.69, 9.17) is 11.6 Å². The van der Waals surface area contributed by atoms with Gasteiger partial charge in [-0.2, -0.15) is 0 Å². The summed E-state index contributed by atoms with van der Waals surface area (Å²) >= 11 is 7.63. The van der Waals surface area contributed by atoms with Crippen molar-refractivity contribution in [3.05, 3.63) is 57.2 Å². The molecule has 2 rings (SSSR count). The van der Waals surface area contributed by atoms with Crippen LogP contribution in [0.2, 0.25) is 5.02 Å². The number of aliphatic hydroxyl groups excluding tert-OH is 1. The molecule has 1 atom stereocenters. The van der Waals surface area contributed by atoms with Gasteiger partial charge in [0.2, 0.25) is 0 Å². The van der Waals surface area contributed by atoms with Gasteiger partial charge in [-0.25, -0.2) is 0 Å². The molecule has 0 aliphatic carbocycles. The Labute approximate surface area is 111 Å². The summed E-state index contributed by atoms with van der Waals surface area (Å²) in [5.41, 5.74) is 1.16. The van der Waals surface area contributed by atoms with Crippen LogP contribution < -0.4 is 0 Å². The molecule has 0 saturated heterocycles. The Kier molecular flexibility index (Phi) is 4.60. The molecule has 0 amide bonds. The fourth-order valence-corrected chi connectivity index (χ4v) is 2.72. The van der Waals surface area contributed by atoms with E-state index in [0.29, 0.717) is 0 Å². The number of thiophene rings is 1. The molecule has 0 radical (unpaired) electrons. The van der Waals surface area contributed by atoms with Crippen LogP contribution in [0.1, 0.15) is 22.8 Å². The zero-order chi connectivity index (χ0) is 12.1. The van der Waals surface area contributed by atoms with Crippen molar-refractivity contribution in [2.45, 2.75) is 18.8 Å². The molecule has 1 aromatic carbocycles. The molecule has 0 aliphatic rings. The molecule has 0 aliphatic heterocycles. The molecule has 90 valence electrons. The van der Waals surface area contributed by atoms with Crippen LogP contribution >= 0.6 is 22.9 Å². The van der Waals surface area contributed by atoms with Gasteiger partial charge in [-0.1, -0.05) is 29.8 Å². The molecule has 1 heterocycles. The predicted molar refractivity (Wildman–Crippen MR) is 73.9 cm³/mol. The molecule has 0 fully saturated rings. The van der Waals surface area contributed by atoms with E-state index in [0.717, 1.165) is 23.4 Å². The number of benzene rings is 1. The molecular formula is C14H15ClOS. The van der Waals surface area contributed by atoms with E-state index in [-0.39, 0.29) is 12.5 Å². The Balaban J connectivity index is 1.99. The molecule has 1 N–H and O–H groups in total. The molecular weight excluding hydrogens is 252 g/mol. The number of hydrogen-bond donors (Lipinski definition) is 1. The lowest BCUT2D eigenvalue weighted by Crippen LogP contribution is -2.05. The maximum Gasteiger partial charge on any atom is 0.0499 e. The number of rotatable bonds is 5. The van der Waals surface area contributed by atoms with Crippen molar-refractivity contribution in [2.75, 3.05) is 6.61 Å². The van der Waals surface area contributed by atoms with Crippen molar-refractivity contribution in [3.63, 3.8) is 0 Å². The molecule has 1 aromatic heterocycles. The number of aryl methyl sites for hydroxylation is 1. The highest BCUT2D eigenvalue weighted by Gasteiger charge is 2.10. The minimum atomic E-state index is 0.188. The Morgan fingerprint density at radius 2 is 1.94 bits per heavy atom. The number of hydrogen-bond acceptors (Lipinski definition) is 2. The van der Waals surface area contributed by atoms with Gasteiger partial charge in [0.1, 0.15) is 0 Å². The molecule has 0 spiro atoms. The van der Waals surface area contributed by atoms with Crippen LogP contribution in [0.3, 0.4) is 0 Å². The van der Waals surface area contributed by atoms with Gasteiger partial charge >= 0.3 is 0 Å². The van der Waals surface area contributed by atoms with Crippen LogP contribution in [0.5, 0.6) is 0 Å². The van der Waals surface area contributed by atoms with Crippen molar-refractivity contribution < 1.29 is 5.11 Å². The Morgan fingerprint density at radius 3 is 2.53 bits per heavy atom. The monoisotopic (exact) mass is 266 g/mol. The van der Waals surface area contributed by atoms with Crippen LogP contribution in [0.4, 0.5) is 0 Å². The highest BCUT2D eigenvalue weighted by molar-refractivity contribution is 7.09. The highest BCUT2D eigenvalue weighted by Crippen LogP contribution is 2.24. The van der Waals surface area contributed by atoms with E-state index < -0.39 is 0 Å². The summed E-state index contributed by atoms with van der Waals surface area (Å²) in [7, 11) is 0. The van der Waals surface area contributed by atoms with E-state index in [2.05, 4.69) is 17.5 Å². The Bertz CT molecular complexity index is 436. The summed E-state index contributed by atoms with van der Waals surface area (Å²) in [4.78, 5) is 1.37. The van der Waals surface area contributed by atoms with Gasteiger partial charge in [0.05, 0.1) is 0 Å². The van der Waals surface area contributed by atoms with Crippen molar-refractivity contribution in [2.24, 2.45) is 0 Å². The summed E-state index contributed by atoms with van der Waals surface area (Å²) in [6.45, 7) is 0.188. The molecule has 2 aromatic rings. The molecule has 0 bridgehead atoms. The van der Waals surface area contributed by atoms with Crippen LogP contribution in [0.25, 0.3) is 0 Å². The van der Waals surface area contributed by atoms with E-state index in [1.807, 2.05) is 24.3 Å². The maximum atomic E-state index is 9.45. The fraction of sp³-hybridized carbons (Fsp3) is 0.286. The van der Waals surface area contributed by atoms with Gasteiger partial charge in [-0.15, -0.1) is 11.3 Å². The van der Waals surface area contributed by atoms with E-state index in [1.54, 1.807) is 11.3 Å². The molecule has 3 heteroatoms. The summed E-state index contributed by atoms with van der Waals surface area (Å²) < 4.78 is 0. The molecule has 0 saturated carbocycles. The molecule has 1 unspecified atom stereocenters. The van der Waals surface area contributed by atoms with E-state index in [9.17, 15) is 5.11 Å². The minimum absolute atomic E-state index is 0.188. The lowest BCUT2D eigenvalue weighted by molar-refractivity contribution is 0.259. The van der Waals surface area contributed by atoms with Gasteiger partial charge < -0.3 is 5.11 Å². The summed E-state index contributed by atoms with van der Waals surface area (Å²) in [6, 6.07) is 12.0. The lowest BCUT2D eigenvalue weighted by Gasteiger charge is -2.14. The quantitative estimate of drug-likeness (QED) is 0.864. The second kappa shape index (κ2) is 6.20. The van der Waals surface area contributed by atoms with E-state index in [1.165, 1.54) is 4.88 Å². The first-order chi connectivity index (χ1) is 8.29. The van der Waals surface area contributed by atoms with Crippen LogP contribution in [0.15, 0.2) is 41.8 Å². The third-order valence-corrected chi connectivity index (χ3v) is 4.07. The Hall–Kier alpha value is -0.830. The van der Waals surface area contributed by atoms with Crippen molar-refractivity contribution in [3.8, 4) is 0 Å². The summed E-state index contributed by atoms with van der Waals surface area (Å²) in [5.74, 6) is 0.203. The minimum Gasteiger partial charge on any atom is -0.396 e. The summed E-state index contributed by atoms with van der Waals surface area (Å²) in [5, 5.41) is 12.3. The van der Waals surface area contributed by atoms with Crippen LogP contribution in [-0.2, 0) is 6.42 Å². The standard InChI is InChI=1S/C14H15ClOS/c15-13-6-3-11(4-7-13)12(10-16)5-8-14-2-1-9-17-14/h1-4,6-7,9,12,16H,5,8,10H2. The van der Waals surface area contributed by atoms with Crippen molar-refractivity contribution in [1.82, 2.24) is 0 Å².